The van der Waals surface area contributed by atoms with Gasteiger partial charge in [-0.15, -0.1) is 0 Å². The maximum atomic E-state index is 12.1. The summed E-state index contributed by atoms with van der Waals surface area (Å²) in [6.45, 7) is 9.01. The van der Waals surface area contributed by atoms with Gasteiger partial charge in [-0.3, -0.25) is 0 Å². The first-order valence-electron chi connectivity index (χ1n) is 5.53. The van der Waals surface area contributed by atoms with Gasteiger partial charge in [0, 0.05) is 11.6 Å². The molecule has 2 rings (SSSR count). The minimum absolute atomic E-state index is 0.0709. The third-order valence-electron chi connectivity index (χ3n) is 2.84. The van der Waals surface area contributed by atoms with Crippen LogP contribution in [0.3, 0.4) is 0 Å². The fraction of sp³-hybridized carbons (Fsp3) is 0.214. The Balaban J connectivity index is 2.74. The second-order valence-electron chi connectivity index (χ2n) is 3.95. The molecule has 0 saturated heterocycles. The van der Waals surface area contributed by atoms with E-state index in [0.717, 1.165) is 0 Å². The molecule has 0 atom stereocenters. The second-order valence-corrected chi connectivity index (χ2v) is 3.95. The molecule has 5 heteroatoms. The smallest absolute Gasteiger partial charge is 0.351 e. The number of cyclic esters (lactones) is 1. The molecular formula is C14H14O5. The van der Waals surface area contributed by atoms with Crippen molar-refractivity contribution in [1.82, 2.24) is 0 Å². The van der Waals surface area contributed by atoms with Crippen LogP contribution in [0.1, 0.15) is 15.9 Å². The van der Waals surface area contributed by atoms with Crippen LogP contribution in [0.25, 0.3) is 0 Å². The van der Waals surface area contributed by atoms with E-state index in [9.17, 15) is 4.79 Å². The average Bonchev–Trinajstić information content (AvgIpc) is 2.50. The molecular weight excluding hydrogens is 248 g/mol. The van der Waals surface area contributed by atoms with Crippen molar-refractivity contribution in [2.24, 2.45) is 0 Å². The third-order valence-corrected chi connectivity index (χ3v) is 2.84. The molecule has 5 nitrogen and oxygen atoms in total. The van der Waals surface area contributed by atoms with E-state index in [1.807, 2.05) is 0 Å². The van der Waals surface area contributed by atoms with Crippen molar-refractivity contribution in [3.8, 4) is 17.2 Å². The number of fused-ring (bicyclic) bond motifs is 1. The van der Waals surface area contributed by atoms with Crippen LogP contribution in [0.15, 0.2) is 30.7 Å². The van der Waals surface area contributed by atoms with Crippen molar-refractivity contribution in [3.05, 3.63) is 41.9 Å². The van der Waals surface area contributed by atoms with E-state index in [1.54, 1.807) is 13.0 Å². The topological polar surface area (TPSA) is 54.0 Å². The lowest BCUT2D eigenvalue weighted by atomic mass is 10.1. The van der Waals surface area contributed by atoms with Crippen LogP contribution in [0, 0.1) is 6.92 Å². The fourth-order valence-corrected chi connectivity index (χ4v) is 1.80. The highest BCUT2D eigenvalue weighted by molar-refractivity contribution is 5.98. The van der Waals surface area contributed by atoms with Gasteiger partial charge in [-0.1, -0.05) is 13.2 Å². The Labute approximate surface area is 111 Å². The first-order chi connectivity index (χ1) is 8.99. The molecule has 100 valence electrons. The Morgan fingerprint density at radius 1 is 1.05 bits per heavy atom. The summed E-state index contributed by atoms with van der Waals surface area (Å²) in [5, 5.41) is 0. The van der Waals surface area contributed by atoms with Gasteiger partial charge in [0.1, 0.15) is 17.1 Å². The molecule has 1 aliphatic heterocycles. The van der Waals surface area contributed by atoms with Crippen molar-refractivity contribution in [2.45, 2.75) is 6.92 Å². The predicted octanol–water partition coefficient (Wildman–Crippen LogP) is 2.59. The first kappa shape index (κ1) is 13.0. The number of esters is 1. The summed E-state index contributed by atoms with van der Waals surface area (Å²) in [6.07, 6.45) is 0. The molecule has 1 aromatic carbocycles. The lowest BCUT2D eigenvalue weighted by Gasteiger charge is -2.15. The number of carbonyl (C=O) groups excluding carboxylic acids is 1. The SMILES string of the molecule is C=C1OC(=O)c2c(OC)cc(OC)c(C)c2OC1=C. The van der Waals surface area contributed by atoms with E-state index >= 15 is 0 Å². The second kappa shape index (κ2) is 4.68. The Morgan fingerprint density at radius 3 is 2.21 bits per heavy atom. The van der Waals surface area contributed by atoms with Gasteiger partial charge in [-0.25, -0.2) is 4.79 Å². The van der Waals surface area contributed by atoms with Crippen LogP contribution in [-0.4, -0.2) is 20.2 Å². The molecule has 0 radical (unpaired) electrons. The molecule has 0 bridgehead atoms. The molecule has 0 N–H and O–H groups in total. The average molecular weight is 262 g/mol. The van der Waals surface area contributed by atoms with Crippen molar-refractivity contribution < 1.29 is 23.7 Å². The highest BCUT2D eigenvalue weighted by atomic mass is 16.6. The van der Waals surface area contributed by atoms with Crippen molar-refractivity contribution in [1.29, 1.82) is 0 Å². The summed E-state index contributed by atoms with van der Waals surface area (Å²) in [7, 11) is 2.98. The molecule has 0 aromatic heterocycles. The quantitative estimate of drug-likeness (QED) is 0.767. The van der Waals surface area contributed by atoms with Gasteiger partial charge in [0.15, 0.2) is 17.3 Å². The van der Waals surface area contributed by atoms with Crippen LogP contribution in [0.5, 0.6) is 17.2 Å². The summed E-state index contributed by atoms with van der Waals surface area (Å²) in [4.78, 5) is 12.1. The lowest BCUT2D eigenvalue weighted by molar-refractivity contribution is 0.0632. The fourth-order valence-electron chi connectivity index (χ4n) is 1.80. The van der Waals surface area contributed by atoms with Crippen LogP contribution in [0.2, 0.25) is 0 Å². The number of hydrogen-bond donors (Lipinski definition) is 0. The number of hydrogen-bond acceptors (Lipinski definition) is 5. The Kier molecular flexibility index (Phi) is 3.21. The first-order valence-corrected chi connectivity index (χ1v) is 5.53. The lowest BCUT2D eigenvalue weighted by Crippen LogP contribution is -2.06. The van der Waals surface area contributed by atoms with Crippen LogP contribution < -0.4 is 14.2 Å². The van der Waals surface area contributed by atoms with E-state index in [1.165, 1.54) is 14.2 Å². The Hall–Kier alpha value is -2.43. The zero-order valence-electron chi connectivity index (χ0n) is 11.0. The number of methoxy groups -OCH3 is 2. The van der Waals surface area contributed by atoms with Crippen molar-refractivity contribution in [2.75, 3.05) is 14.2 Å². The maximum Gasteiger partial charge on any atom is 0.351 e. The highest BCUT2D eigenvalue weighted by Gasteiger charge is 2.30. The molecule has 0 aliphatic carbocycles. The van der Waals surface area contributed by atoms with Crippen molar-refractivity contribution in [3.63, 3.8) is 0 Å². The molecule has 19 heavy (non-hydrogen) atoms. The van der Waals surface area contributed by atoms with E-state index in [-0.39, 0.29) is 17.1 Å². The summed E-state index contributed by atoms with van der Waals surface area (Å²) < 4.78 is 21.0. The van der Waals surface area contributed by atoms with E-state index in [4.69, 9.17) is 18.9 Å². The number of benzene rings is 1. The largest absolute Gasteiger partial charge is 0.496 e. The normalized spacial score (nSPS) is 14.2. The number of rotatable bonds is 2. The number of carbonyl (C=O) groups is 1. The maximum absolute atomic E-state index is 12.1. The molecule has 1 aromatic rings. The monoisotopic (exact) mass is 262 g/mol. The van der Waals surface area contributed by atoms with Gasteiger partial charge in [0.05, 0.1) is 14.2 Å². The van der Waals surface area contributed by atoms with Crippen LogP contribution in [0.4, 0.5) is 0 Å². The molecule has 1 heterocycles. The molecule has 0 unspecified atom stereocenters. The highest BCUT2D eigenvalue weighted by Crippen LogP contribution is 2.42. The Morgan fingerprint density at radius 2 is 1.63 bits per heavy atom. The van der Waals surface area contributed by atoms with Crippen LogP contribution in [-0.2, 0) is 4.74 Å². The molecule has 1 aliphatic rings. The van der Waals surface area contributed by atoms with Gasteiger partial charge in [-0.05, 0) is 6.92 Å². The minimum atomic E-state index is -0.596. The molecule has 0 fully saturated rings. The summed E-state index contributed by atoms with van der Waals surface area (Å²) >= 11 is 0. The van der Waals surface area contributed by atoms with Crippen molar-refractivity contribution >= 4 is 5.97 Å². The van der Waals surface area contributed by atoms with Gasteiger partial charge in [-0.2, -0.15) is 0 Å². The predicted molar refractivity (Wildman–Crippen MR) is 68.6 cm³/mol. The standard InChI is InChI=1S/C14H14O5/c1-7-10(16-4)6-11(17-5)12-13(7)18-8(2)9(3)19-14(12)15/h6H,2-3H2,1,4-5H3. The Bertz CT molecular complexity index is 586. The van der Waals surface area contributed by atoms with E-state index < -0.39 is 5.97 Å². The van der Waals surface area contributed by atoms with Gasteiger partial charge < -0.3 is 18.9 Å². The summed E-state index contributed by atoms with van der Waals surface area (Å²) in [6, 6.07) is 1.61. The van der Waals surface area contributed by atoms with E-state index in [0.29, 0.717) is 22.8 Å². The minimum Gasteiger partial charge on any atom is -0.496 e. The van der Waals surface area contributed by atoms with Crippen LogP contribution >= 0.6 is 0 Å². The number of ether oxygens (including phenoxy) is 4. The molecule has 0 amide bonds. The zero-order valence-corrected chi connectivity index (χ0v) is 11.0. The zero-order chi connectivity index (χ0) is 14.2. The molecule has 0 spiro atoms. The van der Waals surface area contributed by atoms with Gasteiger partial charge in [0.2, 0.25) is 0 Å². The van der Waals surface area contributed by atoms with E-state index in [2.05, 4.69) is 13.2 Å². The van der Waals surface area contributed by atoms with Gasteiger partial charge >= 0.3 is 5.97 Å². The molecule has 0 saturated carbocycles. The van der Waals surface area contributed by atoms with Gasteiger partial charge in [0.25, 0.3) is 0 Å². The summed E-state index contributed by atoms with van der Waals surface area (Å²) in [5.74, 6) is 0.812. The third kappa shape index (κ3) is 2.03. The summed E-state index contributed by atoms with van der Waals surface area (Å²) in [5.41, 5.74) is 0.853.